The van der Waals surface area contributed by atoms with Crippen LogP contribution in [-0.2, 0) is 0 Å². The third-order valence-corrected chi connectivity index (χ3v) is 1.36. The predicted molar refractivity (Wildman–Crippen MR) is 51.4 cm³/mol. The minimum absolute atomic E-state index is 0. The standard InChI is InChI=1S/C7H6ClNO.BrH/c8-7(10)5-1-3-6(9)4-2-5;/h1-4H,9H2;1H. The van der Waals surface area contributed by atoms with Gasteiger partial charge in [0.2, 0.25) is 0 Å². The van der Waals surface area contributed by atoms with Crippen LogP contribution >= 0.6 is 28.6 Å². The summed E-state index contributed by atoms with van der Waals surface area (Å²) in [4.78, 5) is 10.5. The lowest BCUT2D eigenvalue weighted by Gasteiger charge is -1.92. The van der Waals surface area contributed by atoms with Gasteiger partial charge in [0.05, 0.1) is 0 Å². The van der Waals surface area contributed by atoms with Gasteiger partial charge in [-0.2, -0.15) is 0 Å². The van der Waals surface area contributed by atoms with Gasteiger partial charge >= 0.3 is 0 Å². The number of hydrogen-bond donors (Lipinski definition) is 1. The maximum Gasteiger partial charge on any atom is 0.252 e. The molecule has 0 heterocycles. The summed E-state index contributed by atoms with van der Waals surface area (Å²) < 4.78 is 0. The molecule has 0 radical (unpaired) electrons. The van der Waals surface area contributed by atoms with E-state index in [-0.39, 0.29) is 17.0 Å². The van der Waals surface area contributed by atoms with Gasteiger partial charge in [-0.3, -0.25) is 4.79 Å². The van der Waals surface area contributed by atoms with Crippen molar-refractivity contribution in [1.29, 1.82) is 0 Å². The number of anilines is 1. The summed E-state index contributed by atoms with van der Waals surface area (Å²) >= 11 is 5.18. The van der Waals surface area contributed by atoms with E-state index in [2.05, 4.69) is 0 Å². The molecule has 2 nitrogen and oxygen atoms in total. The maximum absolute atomic E-state index is 10.5. The monoisotopic (exact) mass is 235 g/mol. The summed E-state index contributed by atoms with van der Waals surface area (Å²) in [6.45, 7) is 0. The Hall–Kier alpha value is -0.540. The summed E-state index contributed by atoms with van der Waals surface area (Å²) in [5.41, 5.74) is 6.47. The Kier molecular flexibility index (Phi) is 4.15. The predicted octanol–water partition coefficient (Wildman–Crippen LogP) is 2.23. The summed E-state index contributed by atoms with van der Waals surface area (Å²) in [6.07, 6.45) is 0. The Morgan fingerprint density at radius 2 is 1.73 bits per heavy atom. The van der Waals surface area contributed by atoms with Gasteiger partial charge in [0.1, 0.15) is 0 Å². The van der Waals surface area contributed by atoms with Crippen LogP contribution in [0.15, 0.2) is 24.3 Å². The van der Waals surface area contributed by atoms with Crippen molar-refractivity contribution < 1.29 is 4.79 Å². The number of nitrogen functional groups attached to an aromatic ring is 1. The van der Waals surface area contributed by atoms with Crippen molar-refractivity contribution in [3.8, 4) is 0 Å². The normalized spacial score (nSPS) is 8.45. The number of nitrogens with two attached hydrogens (primary N) is 1. The molecule has 0 aliphatic heterocycles. The van der Waals surface area contributed by atoms with Crippen LogP contribution in [0.1, 0.15) is 10.4 Å². The van der Waals surface area contributed by atoms with Gasteiger partial charge in [-0.05, 0) is 35.9 Å². The van der Waals surface area contributed by atoms with E-state index < -0.39 is 5.24 Å². The van der Waals surface area contributed by atoms with E-state index in [1.54, 1.807) is 24.3 Å². The van der Waals surface area contributed by atoms with Crippen molar-refractivity contribution >= 4 is 39.5 Å². The number of halogens is 2. The van der Waals surface area contributed by atoms with E-state index in [1.807, 2.05) is 0 Å². The molecular formula is C7H7BrClNO. The lowest BCUT2D eigenvalue weighted by atomic mass is 10.2. The molecule has 0 fully saturated rings. The molecule has 11 heavy (non-hydrogen) atoms. The summed E-state index contributed by atoms with van der Waals surface area (Å²) in [5, 5.41) is -0.458. The molecule has 1 aromatic carbocycles. The quantitative estimate of drug-likeness (QED) is 0.600. The first-order chi connectivity index (χ1) is 4.70. The Labute approximate surface area is 80.1 Å². The fourth-order valence-electron chi connectivity index (χ4n) is 0.614. The van der Waals surface area contributed by atoms with E-state index in [1.165, 1.54) is 0 Å². The van der Waals surface area contributed by atoms with Crippen LogP contribution in [0, 0.1) is 0 Å². The van der Waals surface area contributed by atoms with E-state index in [0.29, 0.717) is 11.3 Å². The van der Waals surface area contributed by atoms with Gasteiger partial charge in [0.25, 0.3) is 5.24 Å². The molecule has 1 aromatic rings. The van der Waals surface area contributed by atoms with Gasteiger partial charge in [0.15, 0.2) is 0 Å². The first-order valence-electron chi connectivity index (χ1n) is 2.75. The molecule has 0 saturated heterocycles. The minimum Gasteiger partial charge on any atom is -0.399 e. The molecule has 0 aliphatic rings. The highest BCUT2D eigenvalue weighted by atomic mass is 79.9. The Morgan fingerprint density at radius 3 is 2.09 bits per heavy atom. The molecule has 2 N–H and O–H groups in total. The zero-order chi connectivity index (χ0) is 7.56. The highest BCUT2D eigenvalue weighted by Crippen LogP contribution is 2.07. The topological polar surface area (TPSA) is 43.1 Å². The first-order valence-corrected chi connectivity index (χ1v) is 3.13. The Balaban J connectivity index is 0.000001000. The zero-order valence-electron chi connectivity index (χ0n) is 5.58. The average molecular weight is 236 g/mol. The molecule has 0 atom stereocenters. The molecule has 0 saturated carbocycles. The van der Waals surface area contributed by atoms with Crippen LogP contribution in [0.3, 0.4) is 0 Å². The maximum atomic E-state index is 10.5. The number of rotatable bonds is 1. The Bertz CT molecular complexity index is 247. The van der Waals surface area contributed by atoms with Crippen molar-refractivity contribution in [2.75, 3.05) is 5.73 Å². The van der Waals surface area contributed by atoms with Crippen LogP contribution in [0.4, 0.5) is 5.69 Å². The van der Waals surface area contributed by atoms with E-state index in [4.69, 9.17) is 17.3 Å². The number of hydrogen-bond acceptors (Lipinski definition) is 2. The third-order valence-electron chi connectivity index (χ3n) is 1.14. The molecule has 1 rings (SSSR count). The van der Waals surface area contributed by atoms with Crippen LogP contribution in [-0.4, -0.2) is 5.24 Å². The second kappa shape index (κ2) is 4.36. The van der Waals surface area contributed by atoms with Crippen molar-refractivity contribution in [2.24, 2.45) is 0 Å². The van der Waals surface area contributed by atoms with Crippen LogP contribution in [0.25, 0.3) is 0 Å². The molecule has 60 valence electrons. The summed E-state index contributed by atoms with van der Waals surface area (Å²) in [7, 11) is 0. The first kappa shape index (κ1) is 10.5. The second-order valence-corrected chi connectivity index (χ2v) is 2.24. The minimum atomic E-state index is -0.458. The van der Waals surface area contributed by atoms with Crippen molar-refractivity contribution in [2.45, 2.75) is 0 Å². The van der Waals surface area contributed by atoms with Gasteiger partial charge in [0, 0.05) is 11.3 Å². The van der Waals surface area contributed by atoms with E-state index in [9.17, 15) is 4.79 Å². The third kappa shape index (κ3) is 2.91. The Morgan fingerprint density at radius 1 is 1.27 bits per heavy atom. The molecule has 0 amide bonds. The number of carbonyl (C=O) groups excluding carboxylic acids is 1. The zero-order valence-corrected chi connectivity index (χ0v) is 8.05. The van der Waals surface area contributed by atoms with Crippen molar-refractivity contribution in [3.63, 3.8) is 0 Å². The number of benzene rings is 1. The molecule has 0 aromatic heterocycles. The lowest BCUT2D eigenvalue weighted by molar-refractivity contribution is 0.108. The lowest BCUT2D eigenvalue weighted by Crippen LogP contribution is -1.89. The van der Waals surface area contributed by atoms with Crippen LogP contribution < -0.4 is 5.73 Å². The van der Waals surface area contributed by atoms with E-state index >= 15 is 0 Å². The second-order valence-electron chi connectivity index (χ2n) is 1.90. The molecule has 0 aliphatic carbocycles. The number of carbonyl (C=O) groups is 1. The highest BCUT2D eigenvalue weighted by molar-refractivity contribution is 8.93. The molecule has 0 bridgehead atoms. The highest BCUT2D eigenvalue weighted by Gasteiger charge is 1.98. The molecule has 0 unspecified atom stereocenters. The fourth-order valence-corrected chi connectivity index (χ4v) is 0.740. The van der Waals surface area contributed by atoms with E-state index in [0.717, 1.165) is 0 Å². The van der Waals surface area contributed by atoms with Gasteiger partial charge in [-0.1, -0.05) is 0 Å². The van der Waals surface area contributed by atoms with Crippen LogP contribution in [0.5, 0.6) is 0 Å². The average Bonchev–Trinajstić information content (AvgIpc) is 1.88. The van der Waals surface area contributed by atoms with Gasteiger partial charge in [-0.15, -0.1) is 17.0 Å². The van der Waals surface area contributed by atoms with Gasteiger partial charge in [-0.25, -0.2) is 0 Å². The summed E-state index contributed by atoms with van der Waals surface area (Å²) in [6, 6.07) is 6.44. The molecule has 4 heteroatoms. The van der Waals surface area contributed by atoms with Gasteiger partial charge < -0.3 is 5.73 Å². The molecule has 0 spiro atoms. The smallest absolute Gasteiger partial charge is 0.252 e. The van der Waals surface area contributed by atoms with Crippen LogP contribution in [0.2, 0.25) is 0 Å². The largest absolute Gasteiger partial charge is 0.399 e. The SMILES string of the molecule is Br.Nc1ccc(C(=O)Cl)cc1. The molecular weight excluding hydrogens is 229 g/mol. The fraction of sp³-hybridized carbons (Fsp3) is 0. The van der Waals surface area contributed by atoms with Crippen molar-refractivity contribution in [1.82, 2.24) is 0 Å². The van der Waals surface area contributed by atoms with Crippen molar-refractivity contribution in [3.05, 3.63) is 29.8 Å². The summed E-state index contributed by atoms with van der Waals surface area (Å²) in [5.74, 6) is 0.